The largest absolute Gasteiger partial charge is 0.491 e. The number of hydrogen-bond acceptors (Lipinski definition) is 4. The van der Waals surface area contributed by atoms with E-state index in [1.807, 2.05) is 0 Å². The molecule has 26 heavy (non-hydrogen) atoms. The summed E-state index contributed by atoms with van der Waals surface area (Å²) in [7, 11) is 0. The van der Waals surface area contributed by atoms with Gasteiger partial charge in [-0.25, -0.2) is 4.39 Å². The fourth-order valence-electron chi connectivity index (χ4n) is 2.61. The second-order valence-electron chi connectivity index (χ2n) is 5.70. The quantitative estimate of drug-likeness (QED) is 0.410. The van der Waals surface area contributed by atoms with Gasteiger partial charge in [0, 0.05) is 22.5 Å². The Morgan fingerprint density at radius 3 is 2.58 bits per heavy atom. The molecule has 3 rings (SSSR count). The van der Waals surface area contributed by atoms with Crippen molar-refractivity contribution in [3.63, 3.8) is 0 Å². The Morgan fingerprint density at radius 2 is 1.85 bits per heavy atom. The van der Waals surface area contributed by atoms with Crippen LogP contribution >= 0.6 is 15.9 Å². The summed E-state index contributed by atoms with van der Waals surface area (Å²) in [6.45, 7) is 3.20. The van der Waals surface area contributed by atoms with Gasteiger partial charge >= 0.3 is 0 Å². The maximum atomic E-state index is 13.2. The van der Waals surface area contributed by atoms with Crippen molar-refractivity contribution in [1.29, 1.82) is 0 Å². The average molecular weight is 421 g/mol. The minimum absolute atomic E-state index is 0.113. The van der Waals surface area contributed by atoms with E-state index in [2.05, 4.69) is 15.9 Å². The molecular weight excluding hydrogens is 403 g/mol. The van der Waals surface area contributed by atoms with Crippen molar-refractivity contribution in [3.05, 3.63) is 64.1 Å². The molecule has 0 N–H and O–H groups in total. The SMILES string of the molecule is Cc1c(-c2ccc(F)cc2)oc2cc(OCCOCCBr)ccc2c1=O. The summed E-state index contributed by atoms with van der Waals surface area (Å²) in [5.41, 5.74) is 1.45. The fourth-order valence-corrected chi connectivity index (χ4v) is 2.84. The minimum Gasteiger partial charge on any atom is -0.491 e. The molecule has 136 valence electrons. The van der Waals surface area contributed by atoms with E-state index in [0.29, 0.717) is 53.4 Å². The summed E-state index contributed by atoms with van der Waals surface area (Å²) in [4.78, 5) is 12.6. The summed E-state index contributed by atoms with van der Waals surface area (Å²) < 4.78 is 30.1. The highest BCUT2D eigenvalue weighted by molar-refractivity contribution is 9.09. The average Bonchev–Trinajstić information content (AvgIpc) is 2.65. The van der Waals surface area contributed by atoms with Gasteiger partial charge in [0.1, 0.15) is 29.5 Å². The Labute approximate surface area is 158 Å². The van der Waals surface area contributed by atoms with Crippen molar-refractivity contribution >= 4 is 26.9 Å². The second-order valence-corrected chi connectivity index (χ2v) is 6.49. The Morgan fingerprint density at radius 1 is 1.08 bits per heavy atom. The maximum Gasteiger partial charge on any atom is 0.196 e. The lowest BCUT2D eigenvalue weighted by Gasteiger charge is -2.10. The fraction of sp³-hybridized carbons (Fsp3) is 0.250. The van der Waals surface area contributed by atoms with Gasteiger partial charge in [0.05, 0.1) is 18.6 Å². The first-order valence-electron chi connectivity index (χ1n) is 8.20. The molecule has 0 spiro atoms. The van der Waals surface area contributed by atoms with Crippen LogP contribution in [0, 0.1) is 12.7 Å². The highest BCUT2D eigenvalue weighted by atomic mass is 79.9. The van der Waals surface area contributed by atoms with Gasteiger partial charge in [-0.2, -0.15) is 0 Å². The highest BCUT2D eigenvalue weighted by Gasteiger charge is 2.13. The first kappa shape index (κ1) is 18.6. The van der Waals surface area contributed by atoms with E-state index < -0.39 is 0 Å². The predicted octanol–water partition coefficient (Wildman–Crippen LogP) is 4.70. The molecule has 0 atom stereocenters. The molecule has 0 bridgehead atoms. The number of hydrogen-bond donors (Lipinski definition) is 0. The highest BCUT2D eigenvalue weighted by Crippen LogP contribution is 2.27. The molecule has 4 nitrogen and oxygen atoms in total. The van der Waals surface area contributed by atoms with E-state index >= 15 is 0 Å². The van der Waals surface area contributed by atoms with Crippen molar-refractivity contribution in [1.82, 2.24) is 0 Å². The Balaban J connectivity index is 1.91. The van der Waals surface area contributed by atoms with Crippen molar-refractivity contribution in [3.8, 4) is 17.1 Å². The molecule has 0 saturated carbocycles. The second kappa shape index (κ2) is 8.47. The molecular formula is C20H18BrFO4. The van der Waals surface area contributed by atoms with Gasteiger partial charge < -0.3 is 13.9 Å². The van der Waals surface area contributed by atoms with Crippen molar-refractivity contribution in [2.45, 2.75) is 6.92 Å². The summed E-state index contributed by atoms with van der Waals surface area (Å²) in [6, 6.07) is 11.0. The third-order valence-corrected chi connectivity index (χ3v) is 4.24. The lowest BCUT2D eigenvalue weighted by atomic mass is 10.1. The minimum atomic E-state index is -0.340. The molecule has 0 unspecified atom stereocenters. The van der Waals surface area contributed by atoms with E-state index in [1.54, 1.807) is 37.3 Å². The topological polar surface area (TPSA) is 48.7 Å². The van der Waals surface area contributed by atoms with Gasteiger partial charge in [-0.1, -0.05) is 15.9 Å². The molecule has 0 aliphatic carbocycles. The van der Waals surface area contributed by atoms with Crippen LogP contribution in [0.25, 0.3) is 22.3 Å². The van der Waals surface area contributed by atoms with Crippen LogP contribution in [0.2, 0.25) is 0 Å². The van der Waals surface area contributed by atoms with Crippen LogP contribution in [0.4, 0.5) is 4.39 Å². The van der Waals surface area contributed by atoms with Crippen LogP contribution in [-0.2, 0) is 4.74 Å². The van der Waals surface area contributed by atoms with Crippen LogP contribution in [-0.4, -0.2) is 25.2 Å². The molecule has 3 aromatic rings. The maximum absolute atomic E-state index is 13.2. The normalized spacial score (nSPS) is 11.0. The molecule has 0 saturated heterocycles. The van der Waals surface area contributed by atoms with E-state index in [-0.39, 0.29) is 11.2 Å². The van der Waals surface area contributed by atoms with Gasteiger partial charge in [-0.15, -0.1) is 0 Å². The number of benzene rings is 2. The van der Waals surface area contributed by atoms with Crippen LogP contribution in [0.1, 0.15) is 5.56 Å². The molecule has 0 fully saturated rings. The number of ether oxygens (including phenoxy) is 2. The van der Waals surface area contributed by atoms with Crippen molar-refractivity contribution < 1.29 is 18.3 Å². The van der Waals surface area contributed by atoms with Crippen LogP contribution in [0.5, 0.6) is 5.75 Å². The van der Waals surface area contributed by atoms with E-state index in [1.165, 1.54) is 12.1 Å². The monoisotopic (exact) mass is 420 g/mol. The van der Waals surface area contributed by atoms with Crippen LogP contribution < -0.4 is 10.2 Å². The van der Waals surface area contributed by atoms with Crippen molar-refractivity contribution in [2.24, 2.45) is 0 Å². The molecule has 6 heteroatoms. The number of alkyl halides is 1. The summed E-state index contributed by atoms with van der Waals surface area (Å²) in [5, 5.41) is 1.26. The Kier molecular flexibility index (Phi) is 6.06. The summed E-state index contributed by atoms with van der Waals surface area (Å²) >= 11 is 3.29. The van der Waals surface area contributed by atoms with Gasteiger partial charge in [-0.05, 0) is 43.3 Å². The molecule has 1 aromatic heterocycles. The number of fused-ring (bicyclic) bond motifs is 1. The first-order valence-corrected chi connectivity index (χ1v) is 9.32. The van der Waals surface area contributed by atoms with E-state index in [4.69, 9.17) is 13.9 Å². The van der Waals surface area contributed by atoms with Gasteiger partial charge in [0.2, 0.25) is 0 Å². The molecule has 1 heterocycles. The molecule has 0 amide bonds. The number of rotatable bonds is 7. The van der Waals surface area contributed by atoms with Gasteiger partial charge in [0.25, 0.3) is 0 Å². The molecule has 2 aromatic carbocycles. The third kappa shape index (κ3) is 4.14. The smallest absolute Gasteiger partial charge is 0.196 e. The first-order chi connectivity index (χ1) is 12.6. The number of halogens is 2. The van der Waals surface area contributed by atoms with Gasteiger partial charge in [-0.3, -0.25) is 4.79 Å². The predicted molar refractivity (Wildman–Crippen MR) is 103 cm³/mol. The standard InChI is InChI=1S/C20H18BrFO4/c1-13-19(23)17-7-6-16(25-11-10-24-9-8-21)12-18(17)26-20(13)14-2-4-15(22)5-3-14/h2-7,12H,8-11H2,1H3. The molecule has 0 aliphatic heterocycles. The zero-order chi connectivity index (χ0) is 18.5. The summed E-state index contributed by atoms with van der Waals surface area (Å²) in [6.07, 6.45) is 0. The zero-order valence-corrected chi connectivity index (χ0v) is 15.8. The Hall–Kier alpha value is -2.18. The summed E-state index contributed by atoms with van der Waals surface area (Å²) in [5.74, 6) is 0.685. The van der Waals surface area contributed by atoms with E-state index in [9.17, 15) is 9.18 Å². The van der Waals surface area contributed by atoms with Crippen molar-refractivity contribution in [2.75, 3.05) is 25.2 Å². The van der Waals surface area contributed by atoms with Gasteiger partial charge in [0.15, 0.2) is 5.43 Å². The third-order valence-electron chi connectivity index (χ3n) is 3.92. The lowest BCUT2D eigenvalue weighted by molar-refractivity contribution is 0.112. The van der Waals surface area contributed by atoms with Crippen LogP contribution in [0.3, 0.4) is 0 Å². The lowest BCUT2D eigenvalue weighted by Crippen LogP contribution is -2.09. The molecule has 0 aliphatic rings. The van der Waals surface area contributed by atoms with Crippen LogP contribution in [0.15, 0.2) is 51.7 Å². The zero-order valence-electron chi connectivity index (χ0n) is 14.3. The molecule has 0 radical (unpaired) electrons. The van der Waals surface area contributed by atoms with E-state index in [0.717, 1.165) is 5.33 Å². The Bertz CT molecular complexity index is 950.